The highest BCUT2D eigenvalue weighted by Crippen LogP contribution is 2.44. The molecule has 0 amide bonds. The van der Waals surface area contributed by atoms with E-state index in [0.29, 0.717) is 5.02 Å². The zero-order valence-electron chi connectivity index (χ0n) is 35.3. The molecular formula is C60H41ClN4. The van der Waals surface area contributed by atoms with Crippen LogP contribution >= 0.6 is 11.6 Å². The smallest absolute Gasteiger partial charge is 0.0542 e. The van der Waals surface area contributed by atoms with Crippen LogP contribution in [0.15, 0.2) is 249 Å². The van der Waals surface area contributed by atoms with E-state index in [-0.39, 0.29) is 0 Å². The fourth-order valence-electron chi connectivity index (χ4n) is 9.63. The number of benzene rings is 10. The molecule has 0 spiro atoms. The summed E-state index contributed by atoms with van der Waals surface area (Å²) in [5, 5.41) is 5.48. The Morgan fingerprint density at radius 3 is 1.14 bits per heavy atom. The Kier molecular flexibility index (Phi) is 9.51. The first-order valence-electron chi connectivity index (χ1n) is 21.9. The Bertz CT molecular complexity index is 3660. The maximum absolute atomic E-state index is 7.10. The summed E-state index contributed by atoms with van der Waals surface area (Å²) in [6.07, 6.45) is 0. The first kappa shape index (κ1) is 38.4. The quantitative estimate of drug-likeness (QED) is 0.144. The number of fused-ring (bicyclic) bond motifs is 6. The number of rotatable bonds is 9. The van der Waals surface area contributed by atoms with E-state index in [2.05, 4.69) is 268 Å². The highest BCUT2D eigenvalue weighted by Gasteiger charge is 2.20. The van der Waals surface area contributed by atoms with Crippen LogP contribution in [0.5, 0.6) is 0 Å². The molecule has 0 aliphatic heterocycles. The summed E-state index contributed by atoms with van der Waals surface area (Å²) in [6.45, 7) is 0. The Hall–Kier alpha value is -8.31. The first-order valence-corrected chi connectivity index (χ1v) is 22.3. The number of hydrogen-bond acceptors (Lipinski definition) is 2. The standard InChI is InChI=1S/C60H41ClN4/c61-44-37-43(38-52(39-44)63(46-19-7-2-8-20-46)51-34-36-60-56(41-51)54-26-14-16-28-58(54)65(60)48-23-11-4-12-24-48)42-29-31-49(32-30-42)62(45-17-5-1-6-18-45)50-33-35-59-55(40-50)53-25-13-15-27-57(53)64(59)47-21-9-3-10-22-47/h1-41H. The normalized spacial score (nSPS) is 11.5. The fraction of sp³-hybridized carbons (Fsp3) is 0. The molecule has 10 aromatic carbocycles. The summed E-state index contributed by atoms with van der Waals surface area (Å²) in [5.74, 6) is 0. The van der Waals surface area contributed by atoms with Crippen molar-refractivity contribution in [2.24, 2.45) is 0 Å². The second kappa shape index (κ2) is 16.1. The maximum Gasteiger partial charge on any atom is 0.0542 e. The van der Waals surface area contributed by atoms with Crippen LogP contribution in [0.25, 0.3) is 66.1 Å². The van der Waals surface area contributed by atoms with Crippen molar-refractivity contribution in [1.82, 2.24) is 9.13 Å². The maximum atomic E-state index is 7.10. The van der Waals surface area contributed by atoms with Crippen molar-refractivity contribution in [3.63, 3.8) is 0 Å². The van der Waals surface area contributed by atoms with Crippen molar-refractivity contribution >= 4 is 89.3 Å². The summed E-state index contributed by atoms with van der Waals surface area (Å²) in [6, 6.07) is 88.5. The van der Waals surface area contributed by atoms with Crippen molar-refractivity contribution in [2.75, 3.05) is 9.80 Å². The third-order valence-electron chi connectivity index (χ3n) is 12.5. The third kappa shape index (κ3) is 6.80. The molecule has 0 aliphatic rings. The number of anilines is 6. The molecule has 308 valence electrons. The molecule has 0 saturated heterocycles. The van der Waals surface area contributed by atoms with Gasteiger partial charge >= 0.3 is 0 Å². The largest absolute Gasteiger partial charge is 0.310 e. The molecule has 2 heterocycles. The van der Waals surface area contributed by atoms with Crippen LogP contribution in [0.4, 0.5) is 34.1 Å². The van der Waals surface area contributed by atoms with Gasteiger partial charge in [0, 0.05) is 72.1 Å². The molecule has 12 rings (SSSR count). The SMILES string of the molecule is Clc1cc(-c2ccc(N(c3ccccc3)c3ccc4c(c3)c3ccccc3n4-c3ccccc3)cc2)cc(N(c2ccccc2)c2ccc3c(c2)c2ccccc2n3-c2ccccc2)c1. The Morgan fingerprint density at radius 2 is 0.646 bits per heavy atom. The van der Waals surface area contributed by atoms with Gasteiger partial charge in [0.1, 0.15) is 0 Å². The highest BCUT2D eigenvalue weighted by molar-refractivity contribution is 6.31. The van der Waals surface area contributed by atoms with Crippen molar-refractivity contribution in [1.29, 1.82) is 0 Å². The van der Waals surface area contributed by atoms with Gasteiger partial charge in [-0.25, -0.2) is 0 Å². The van der Waals surface area contributed by atoms with E-state index >= 15 is 0 Å². The molecule has 12 aromatic rings. The highest BCUT2D eigenvalue weighted by atomic mass is 35.5. The van der Waals surface area contributed by atoms with E-state index in [1.165, 1.54) is 38.1 Å². The van der Waals surface area contributed by atoms with Gasteiger partial charge in [-0.3, -0.25) is 0 Å². The van der Waals surface area contributed by atoms with Gasteiger partial charge in [0.05, 0.1) is 22.1 Å². The number of para-hydroxylation sites is 6. The second-order valence-electron chi connectivity index (χ2n) is 16.4. The van der Waals surface area contributed by atoms with Crippen molar-refractivity contribution in [2.45, 2.75) is 0 Å². The minimum atomic E-state index is 0.665. The lowest BCUT2D eigenvalue weighted by atomic mass is 10.0. The fourth-order valence-corrected chi connectivity index (χ4v) is 9.86. The number of hydrogen-bond donors (Lipinski definition) is 0. The zero-order valence-corrected chi connectivity index (χ0v) is 36.1. The summed E-state index contributed by atoms with van der Waals surface area (Å²) in [5.41, 5.74) is 15.4. The zero-order chi connectivity index (χ0) is 43.3. The van der Waals surface area contributed by atoms with E-state index in [1.807, 2.05) is 0 Å². The minimum Gasteiger partial charge on any atom is -0.310 e. The van der Waals surface area contributed by atoms with Crippen molar-refractivity contribution < 1.29 is 0 Å². The third-order valence-corrected chi connectivity index (χ3v) is 12.7. The number of halogens is 1. The summed E-state index contributed by atoms with van der Waals surface area (Å²) < 4.78 is 4.71. The molecule has 0 saturated carbocycles. The topological polar surface area (TPSA) is 16.3 Å². The van der Waals surface area contributed by atoms with Crippen molar-refractivity contribution in [3.05, 3.63) is 254 Å². The molecule has 0 aliphatic carbocycles. The molecule has 0 bridgehead atoms. The van der Waals surface area contributed by atoms with Crippen LogP contribution in [0.2, 0.25) is 5.02 Å². The predicted octanol–water partition coefficient (Wildman–Crippen LogP) is 17.1. The Labute approximate surface area is 382 Å². The average Bonchev–Trinajstić information content (AvgIpc) is 3.88. The Morgan fingerprint density at radius 1 is 0.262 bits per heavy atom. The number of aromatic nitrogens is 2. The molecule has 0 atom stereocenters. The van der Waals surface area contributed by atoms with Gasteiger partial charge in [0.2, 0.25) is 0 Å². The van der Waals surface area contributed by atoms with E-state index in [9.17, 15) is 0 Å². The van der Waals surface area contributed by atoms with Gasteiger partial charge in [-0.15, -0.1) is 0 Å². The monoisotopic (exact) mass is 852 g/mol. The molecule has 0 unspecified atom stereocenters. The van der Waals surface area contributed by atoms with Gasteiger partial charge in [0.15, 0.2) is 0 Å². The van der Waals surface area contributed by atoms with Gasteiger partial charge in [-0.2, -0.15) is 0 Å². The van der Waals surface area contributed by atoms with E-state index < -0.39 is 0 Å². The van der Waals surface area contributed by atoms with Crippen LogP contribution in [-0.4, -0.2) is 9.13 Å². The minimum absolute atomic E-state index is 0.665. The van der Waals surface area contributed by atoms with Crippen LogP contribution in [0.3, 0.4) is 0 Å². The van der Waals surface area contributed by atoms with E-state index in [4.69, 9.17) is 11.6 Å². The van der Waals surface area contributed by atoms with Gasteiger partial charge in [0.25, 0.3) is 0 Å². The van der Waals surface area contributed by atoms with Crippen LogP contribution in [0.1, 0.15) is 0 Å². The van der Waals surface area contributed by atoms with E-state index in [1.54, 1.807) is 0 Å². The van der Waals surface area contributed by atoms with Crippen LogP contribution in [0, 0.1) is 0 Å². The van der Waals surface area contributed by atoms with Gasteiger partial charge < -0.3 is 18.9 Å². The van der Waals surface area contributed by atoms with Gasteiger partial charge in [-0.1, -0.05) is 133 Å². The lowest BCUT2D eigenvalue weighted by Gasteiger charge is -2.27. The summed E-state index contributed by atoms with van der Waals surface area (Å²) in [4.78, 5) is 4.64. The molecule has 65 heavy (non-hydrogen) atoms. The predicted molar refractivity (Wildman–Crippen MR) is 275 cm³/mol. The average molecular weight is 853 g/mol. The van der Waals surface area contributed by atoms with Crippen LogP contribution in [-0.2, 0) is 0 Å². The van der Waals surface area contributed by atoms with Crippen LogP contribution < -0.4 is 9.80 Å². The lowest BCUT2D eigenvalue weighted by molar-refractivity contribution is 1.18. The molecule has 5 heteroatoms. The van der Waals surface area contributed by atoms with E-state index in [0.717, 1.165) is 62.1 Å². The Balaban J connectivity index is 0.949. The summed E-state index contributed by atoms with van der Waals surface area (Å²) in [7, 11) is 0. The molecule has 0 N–H and O–H groups in total. The number of nitrogens with zero attached hydrogens (tertiary/aromatic N) is 4. The van der Waals surface area contributed by atoms with Crippen molar-refractivity contribution in [3.8, 4) is 22.5 Å². The lowest BCUT2D eigenvalue weighted by Crippen LogP contribution is -2.10. The molecule has 4 nitrogen and oxygen atoms in total. The second-order valence-corrected chi connectivity index (χ2v) is 16.8. The molecule has 2 aromatic heterocycles. The molecule has 0 radical (unpaired) electrons. The summed E-state index contributed by atoms with van der Waals surface area (Å²) >= 11 is 7.10. The first-order chi connectivity index (χ1) is 32.2. The molecular weight excluding hydrogens is 812 g/mol. The van der Waals surface area contributed by atoms with Gasteiger partial charge in [-0.05, 0) is 139 Å². The molecule has 0 fully saturated rings.